The summed E-state index contributed by atoms with van der Waals surface area (Å²) in [6.45, 7) is 3.98. The molecule has 6 heteroatoms. The summed E-state index contributed by atoms with van der Waals surface area (Å²) in [4.78, 5) is 8.98. The van der Waals surface area contributed by atoms with Gasteiger partial charge in [0.25, 0.3) is 0 Å². The zero-order valence-corrected chi connectivity index (χ0v) is 14.1. The smallest absolute Gasteiger partial charge is 0.163 e. The molecule has 2 rings (SSSR count). The molecule has 1 heterocycles. The molecule has 0 spiro atoms. The summed E-state index contributed by atoms with van der Waals surface area (Å²) in [6.07, 6.45) is 0.802. The summed E-state index contributed by atoms with van der Waals surface area (Å²) in [6, 6.07) is 3.67. The van der Waals surface area contributed by atoms with Crippen molar-refractivity contribution in [2.24, 2.45) is 0 Å². The van der Waals surface area contributed by atoms with Crippen molar-refractivity contribution in [1.29, 1.82) is 0 Å². The number of halogens is 1. The molecule has 0 radical (unpaired) electrons. The van der Waals surface area contributed by atoms with Gasteiger partial charge < -0.3 is 15.2 Å². The highest BCUT2D eigenvalue weighted by Gasteiger charge is 2.15. The van der Waals surface area contributed by atoms with Crippen LogP contribution in [0.25, 0.3) is 11.4 Å². The van der Waals surface area contributed by atoms with Crippen molar-refractivity contribution in [2.45, 2.75) is 20.3 Å². The second-order valence-corrected chi connectivity index (χ2v) is 5.40. The van der Waals surface area contributed by atoms with Crippen LogP contribution in [0.1, 0.15) is 18.2 Å². The number of anilines is 1. The van der Waals surface area contributed by atoms with Crippen molar-refractivity contribution >= 4 is 21.7 Å². The molecule has 0 amide bonds. The van der Waals surface area contributed by atoms with Crippen molar-refractivity contribution < 1.29 is 9.47 Å². The minimum absolute atomic E-state index is 0.499. The number of aryl methyl sites for hydroxylation is 1. The second kappa shape index (κ2) is 6.30. The maximum absolute atomic E-state index is 5.99. The Bertz CT molecular complexity index is 674. The Labute approximate surface area is 132 Å². The predicted octanol–water partition coefficient (Wildman–Crippen LogP) is 3.38. The number of methoxy groups -OCH3 is 2. The second-order valence-electron chi connectivity index (χ2n) is 4.54. The molecule has 0 saturated carbocycles. The van der Waals surface area contributed by atoms with E-state index < -0.39 is 0 Å². The number of hydrogen-bond acceptors (Lipinski definition) is 5. The number of nitrogen functional groups attached to an aromatic ring is 1. The maximum atomic E-state index is 5.99. The topological polar surface area (TPSA) is 70.3 Å². The van der Waals surface area contributed by atoms with Crippen molar-refractivity contribution in [3.63, 3.8) is 0 Å². The van der Waals surface area contributed by atoms with Crippen molar-refractivity contribution in [1.82, 2.24) is 9.97 Å². The van der Waals surface area contributed by atoms with Gasteiger partial charge in [0.05, 0.1) is 14.2 Å². The van der Waals surface area contributed by atoms with Crippen LogP contribution in [0.2, 0.25) is 0 Å². The van der Waals surface area contributed by atoms with Gasteiger partial charge in [0.1, 0.15) is 5.82 Å². The number of nitrogens with zero attached hydrogens (tertiary/aromatic N) is 2. The molecule has 0 fully saturated rings. The van der Waals surface area contributed by atoms with E-state index in [2.05, 4.69) is 25.9 Å². The summed E-state index contributed by atoms with van der Waals surface area (Å²) in [5.74, 6) is 2.33. The van der Waals surface area contributed by atoms with Crippen molar-refractivity contribution in [2.75, 3.05) is 20.0 Å². The molecule has 0 aliphatic carbocycles. The summed E-state index contributed by atoms with van der Waals surface area (Å²) in [7, 11) is 3.19. The summed E-state index contributed by atoms with van der Waals surface area (Å²) < 4.78 is 11.4. The van der Waals surface area contributed by atoms with E-state index in [4.69, 9.17) is 15.2 Å². The fourth-order valence-electron chi connectivity index (χ4n) is 2.07. The molecule has 0 unspecified atom stereocenters. The lowest BCUT2D eigenvalue weighted by Gasteiger charge is -2.13. The maximum Gasteiger partial charge on any atom is 0.163 e. The van der Waals surface area contributed by atoms with Crippen molar-refractivity contribution in [3.8, 4) is 22.9 Å². The zero-order chi connectivity index (χ0) is 15.6. The minimum atomic E-state index is 0.499. The van der Waals surface area contributed by atoms with Crippen LogP contribution in [0, 0.1) is 6.92 Å². The van der Waals surface area contributed by atoms with E-state index in [0.717, 1.165) is 27.7 Å². The van der Waals surface area contributed by atoms with Gasteiger partial charge in [0.2, 0.25) is 0 Å². The van der Waals surface area contributed by atoms with E-state index in [1.54, 1.807) is 14.2 Å². The van der Waals surface area contributed by atoms with Crippen LogP contribution >= 0.6 is 15.9 Å². The SMILES string of the molecule is CCc1nc(-c2cc(OC)c(OC)cc2Br)nc(N)c1C. The van der Waals surface area contributed by atoms with Crippen LogP contribution in [-0.4, -0.2) is 24.2 Å². The standard InChI is InChI=1S/C15H18BrN3O2/c1-5-11-8(2)14(17)19-15(18-11)9-6-12(20-3)13(21-4)7-10(9)16/h6-7H,5H2,1-4H3,(H2,17,18,19). The Morgan fingerprint density at radius 1 is 1.14 bits per heavy atom. The Balaban J connectivity index is 2.64. The van der Waals surface area contributed by atoms with E-state index in [1.165, 1.54) is 0 Å². The number of aromatic nitrogens is 2. The van der Waals surface area contributed by atoms with Gasteiger partial charge in [-0.2, -0.15) is 0 Å². The van der Waals surface area contributed by atoms with Gasteiger partial charge in [-0.25, -0.2) is 9.97 Å². The predicted molar refractivity (Wildman–Crippen MR) is 86.8 cm³/mol. The number of ether oxygens (including phenoxy) is 2. The highest BCUT2D eigenvalue weighted by Crippen LogP contribution is 2.37. The average Bonchev–Trinajstić information content (AvgIpc) is 2.49. The van der Waals surface area contributed by atoms with Gasteiger partial charge in [0.15, 0.2) is 17.3 Å². The van der Waals surface area contributed by atoms with Gasteiger partial charge in [-0.05, 0) is 41.4 Å². The third-order valence-electron chi connectivity index (χ3n) is 3.33. The lowest BCUT2D eigenvalue weighted by molar-refractivity contribution is 0.355. The van der Waals surface area contributed by atoms with E-state index in [0.29, 0.717) is 23.1 Å². The van der Waals surface area contributed by atoms with Crippen LogP contribution in [-0.2, 0) is 6.42 Å². The highest BCUT2D eigenvalue weighted by molar-refractivity contribution is 9.10. The Morgan fingerprint density at radius 2 is 1.76 bits per heavy atom. The third-order valence-corrected chi connectivity index (χ3v) is 3.99. The molecular weight excluding hydrogens is 334 g/mol. The van der Waals surface area contributed by atoms with Crippen LogP contribution in [0.15, 0.2) is 16.6 Å². The molecule has 0 bridgehead atoms. The van der Waals surface area contributed by atoms with Crippen LogP contribution < -0.4 is 15.2 Å². The summed E-state index contributed by atoms with van der Waals surface area (Å²) in [5.41, 5.74) is 8.67. The molecule has 0 aliphatic rings. The van der Waals surface area contributed by atoms with Gasteiger partial charge in [-0.3, -0.25) is 0 Å². The first kappa shape index (κ1) is 15.6. The van der Waals surface area contributed by atoms with E-state index >= 15 is 0 Å². The number of benzene rings is 1. The molecule has 5 nitrogen and oxygen atoms in total. The van der Waals surface area contributed by atoms with Crippen molar-refractivity contribution in [3.05, 3.63) is 27.9 Å². The van der Waals surface area contributed by atoms with Crippen LogP contribution in [0.3, 0.4) is 0 Å². The van der Waals surface area contributed by atoms with E-state index in [9.17, 15) is 0 Å². The van der Waals surface area contributed by atoms with Crippen LogP contribution in [0.5, 0.6) is 11.5 Å². The fraction of sp³-hybridized carbons (Fsp3) is 0.333. The largest absolute Gasteiger partial charge is 0.493 e. The highest BCUT2D eigenvalue weighted by atomic mass is 79.9. The first-order valence-electron chi connectivity index (χ1n) is 6.56. The number of hydrogen-bond donors (Lipinski definition) is 1. The fourth-order valence-corrected chi connectivity index (χ4v) is 2.57. The first-order chi connectivity index (χ1) is 10.0. The third kappa shape index (κ3) is 2.95. The van der Waals surface area contributed by atoms with E-state index in [-0.39, 0.29) is 0 Å². The lowest BCUT2D eigenvalue weighted by Crippen LogP contribution is -2.04. The van der Waals surface area contributed by atoms with Gasteiger partial charge in [0, 0.05) is 21.3 Å². The Hall–Kier alpha value is -1.82. The molecule has 0 atom stereocenters. The molecule has 112 valence electrons. The molecule has 0 aliphatic heterocycles. The Kier molecular flexibility index (Phi) is 4.67. The molecule has 2 N–H and O–H groups in total. The molecule has 0 saturated heterocycles. The summed E-state index contributed by atoms with van der Waals surface area (Å²) >= 11 is 3.52. The summed E-state index contributed by atoms with van der Waals surface area (Å²) in [5, 5.41) is 0. The van der Waals surface area contributed by atoms with Gasteiger partial charge >= 0.3 is 0 Å². The number of nitrogens with two attached hydrogens (primary N) is 1. The number of rotatable bonds is 4. The molecular formula is C15H18BrN3O2. The average molecular weight is 352 g/mol. The van der Waals surface area contributed by atoms with Gasteiger partial charge in [-0.1, -0.05) is 6.92 Å². The molecule has 1 aromatic carbocycles. The Morgan fingerprint density at radius 3 is 2.33 bits per heavy atom. The lowest BCUT2D eigenvalue weighted by atomic mass is 10.1. The molecule has 2 aromatic rings. The first-order valence-corrected chi connectivity index (χ1v) is 7.36. The van der Waals surface area contributed by atoms with Crippen LogP contribution in [0.4, 0.5) is 5.82 Å². The molecule has 21 heavy (non-hydrogen) atoms. The quantitative estimate of drug-likeness (QED) is 0.914. The molecule has 1 aromatic heterocycles. The normalized spacial score (nSPS) is 10.5. The monoisotopic (exact) mass is 351 g/mol. The zero-order valence-electron chi connectivity index (χ0n) is 12.5. The minimum Gasteiger partial charge on any atom is -0.493 e. The van der Waals surface area contributed by atoms with Gasteiger partial charge in [-0.15, -0.1) is 0 Å². The van der Waals surface area contributed by atoms with E-state index in [1.807, 2.05) is 26.0 Å².